The zero-order valence-electron chi connectivity index (χ0n) is 12.8. The molecule has 0 aromatic heterocycles. The standard InChI is InChI=1S/C20H15F3/c1-19(2)15-10-6-5-9-14(15)18-13-8-4-3-7-12(13)16(11-17(18)19)20(21,22)23/h3-11H,1-2H3. The van der Waals surface area contributed by atoms with Crippen LogP contribution in [0.3, 0.4) is 0 Å². The maximum atomic E-state index is 13.6. The first-order valence-corrected chi connectivity index (χ1v) is 7.55. The van der Waals surface area contributed by atoms with Gasteiger partial charge in [0.1, 0.15) is 0 Å². The summed E-state index contributed by atoms with van der Waals surface area (Å²) < 4.78 is 40.7. The van der Waals surface area contributed by atoms with Gasteiger partial charge in [0, 0.05) is 5.41 Å². The summed E-state index contributed by atoms with van der Waals surface area (Å²) in [6.45, 7) is 3.99. The lowest BCUT2D eigenvalue weighted by atomic mass is 9.81. The summed E-state index contributed by atoms with van der Waals surface area (Å²) in [6.07, 6.45) is -4.36. The first-order chi connectivity index (χ1) is 10.8. The van der Waals surface area contributed by atoms with Crippen molar-refractivity contribution in [3.63, 3.8) is 0 Å². The lowest BCUT2D eigenvalue weighted by Gasteiger charge is -2.23. The average Bonchev–Trinajstić information content (AvgIpc) is 2.74. The predicted molar refractivity (Wildman–Crippen MR) is 86.5 cm³/mol. The van der Waals surface area contributed by atoms with E-state index in [1.54, 1.807) is 24.3 Å². The van der Waals surface area contributed by atoms with Crippen molar-refractivity contribution in [1.82, 2.24) is 0 Å². The Kier molecular flexibility index (Phi) is 2.72. The molecule has 3 heteroatoms. The second kappa shape index (κ2) is 4.38. The van der Waals surface area contributed by atoms with Crippen molar-refractivity contribution in [3.05, 3.63) is 71.3 Å². The first-order valence-electron chi connectivity index (χ1n) is 7.55. The number of halogens is 3. The summed E-state index contributed by atoms with van der Waals surface area (Å²) in [5.74, 6) is 0. The van der Waals surface area contributed by atoms with Gasteiger partial charge in [0.05, 0.1) is 5.56 Å². The van der Waals surface area contributed by atoms with Crippen LogP contribution in [0.25, 0.3) is 21.9 Å². The molecule has 3 aromatic carbocycles. The number of hydrogen-bond donors (Lipinski definition) is 0. The smallest absolute Gasteiger partial charge is 0.166 e. The van der Waals surface area contributed by atoms with Gasteiger partial charge in [-0.25, -0.2) is 0 Å². The molecular formula is C20H15F3. The normalized spacial score (nSPS) is 15.5. The quantitative estimate of drug-likeness (QED) is 0.466. The lowest BCUT2D eigenvalue weighted by Crippen LogP contribution is -2.16. The van der Waals surface area contributed by atoms with E-state index in [0.717, 1.165) is 22.3 Å². The van der Waals surface area contributed by atoms with Crippen LogP contribution in [0.2, 0.25) is 0 Å². The Balaban J connectivity index is 2.22. The molecular weight excluding hydrogens is 297 g/mol. The zero-order chi connectivity index (χ0) is 16.4. The van der Waals surface area contributed by atoms with E-state index in [-0.39, 0.29) is 5.39 Å². The molecule has 4 rings (SSSR count). The van der Waals surface area contributed by atoms with Gasteiger partial charge < -0.3 is 0 Å². The third kappa shape index (κ3) is 1.86. The fourth-order valence-corrected chi connectivity index (χ4v) is 3.78. The summed E-state index contributed by atoms with van der Waals surface area (Å²) in [7, 11) is 0. The van der Waals surface area contributed by atoms with Crippen molar-refractivity contribution in [3.8, 4) is 11.1 Å². The molecule has 0 saturated carbocycles. The van der Waals surface area contributed by atoms with E-state index in [0.29, 0.717) is 5.39 Å². The van der Waals surface area contributed by atoms with E-state index in [1.165, 1.54) is 6.07 Å². The Labute approximate surface area is 132 Å². The fourth-order valence-electron chi connectivity index (χ4n) is 3.78. The molecule has 0 fully saturated rings. The van der Waals surface area contributed by atoms with Crippen LogP contribution in [0.1, 0.15) is 30.5 Å². The summed E-state index contributed by atoms with van der Waals surface area (Å²) in [5, 5.41) is 0.946. The summed E-state index contributed by atoms with van der Waals surface area (Å²) in [5.41, 5.74) is 2.83. The second-order valence-electron chi connectivity index (χ2n) is 6.56. The van der Waals surface area contributed by atoms with Gasteiger partial charge in [0.25, 0.3) is 0 Å². The first kappa shape index (κ1) is 14.3. The molecule has 0 amide bonds. The van der Waals surface area contributed by atoms with Crippen molar-refractivity contribution >= 4 is 10.8 Å². The van der Waals surface area contributed by atoms with Crippen molar-refractivity contribution in [2.45, 2.75) is 25.4 Å². The van der Waals surface area contributed by atoms with Gasteiger partial charge in [-0.15, -0.1) is 0 Å². The number of rotatable bonds is 0. The highest BCUT2D eigenvalue weighted by Gasteiger charge is 2.40. The number of hydrogen-bond acceptors (Lipinski definition) is 0. The van der Waals surface area contributed by atoms with E-state index in [4.69, 9.17) is 0 Å². The molecule has 0 heterocycles. The van der Waals surface area contributed by atoms with Gasteiger partial charge in [-0.05, 0) is 39.1 Å². The highest BCUT2D eigenvalue weighted by Crippen LogP contribution is 2.53. The van der Waals surface area contributed by atoms with Gasteiger partial charge in [-0.3, -0.25) is 0 Å². The Morgan fingerprint density at radius 2 is 1.39 bits per heavy atom. The van der Waals surface area contributed by atoms with E-state index in [2.05, 4.69) is 0 Å². The Bertz CT molecular complexity index is 933. The van der Waals surface area contributed by atoms with Crippen molar-refractivity contribution in [2.75, 3.05) is 0 Å². The Hall–Kier alpha value is -2.29. The summed E-state index contributed by atoms with van der Waals surface area (Å²) in [6, 6.07) is 16.1. The summed E-state index contributed by atoms with van der Waals surface area (Å²) >= 11 is 0. The monoisotopic (exact) mass is 312 g/mol. The summed E-state index contributed by atoms with van der Waals surface area (Å²) in [4.78, 5) is 0. The molecule has 0 N–H and O–H groups in total. The highest BCUT2D eigenvalue weighted by atomic mass is 19.4. The molecule has 0 radical (unpaired) electrons. The van der Waals surface area contributed by atoms with Crippen LogP contribution in [-0.4, -0.2) is 0 Å². The minimum Gasteiger partial charge on any atom is -0.166 e. The fraction of sp³-hybridized carbons (Fsp3) is 0.200. The van der Waals surface area contributed by atoms with Gasteiger partial charge in [0.15, 0.2) is 0 Å². The topological polar surface area (TPSA) is 0 Å². The third-order valence-electron chi connectivity index (χ3n) is 4.89. The van der Waals surface area contributed by atoms with E-state index in [9.17, 15) is 13.2 Å². The minimum atomic E-state index is -4.36. The number of benzene rings is 3. The van der Waals surface area contributed by atoms with Crippen LogP contribution in [0.15, 0.2) is 54.6 Å². The lowest BCUT2D eigenvalue weighted by molar-refractivity contribution is -0.136. The molecule has 0 aliphatic heterocycles. The zero-order valence-corrected chi connectivity index (χ0v) is 12.8. The Morgan fingerprint density at radius 3 is 2.09 bits per heavy atom. The molecule has 3 aromatic rings. The van der Waals surface area contributed by atoms with Crippen LogP contribution < -0.4 is 0 Å². The maximum Gasteiger partial charge on any atom is 0.417 e. The van der Waals surface area contributed by atoms with Crippen molar-refractivity contribution in [2.24, 2.45) is 0 Å². The second-order valence-corrected chi connectivity index (χ2v) is 6.56. The van der Waals surface area contributed by atoms with Crippen LogP contribution in [0.4, 0.5) is 13.2 Å². The third-order valence-corrected chi connectivity index (χ3v) is 4.89. The predicted octanol–water partition coefficient (Wildman–Crippen LogP) is 6.16. The molecule has 0 saturated heterocycles. The molecule has 0 bridgehead atoms. The van der Waals surface area contributed by atoms with Gasteiger partial charge in [-0.2, -0.15) is 13.2 Å². The molecule has 0 unspecified atom stereocenters. The molecule has 0 spiro atoms. The van der Waals surface area contributed by atoms with Crippen LogP contribution in [0, 0.1) is 0 Å². The van der Waals surface area contributed by atoms with Crippen LogP contribution >= 0.6 is 0 Å². The molecule has 23 heavy (non-hydrogen) atoms. The number of fused-ring (bicyclic) bond motifs is 5. The van der Waals surface area contributed by atoms with Crippen molar-refractivity contribution < 1.29 is 13.2 Å². The van der Waals surface area contributed by atoms with Crippen molar-refractivity contribution in [1.29, 1.82) is 0 Å². The highest BCUT2D eigenvalue weighted by molar-refractivity contribution is 6.04. The van der Waals surface area contributed by atoms with E-state index >= 15 is 0 Å². The largest absolute Gasteiger partial charge is 0.417 e. The van der Waals surface area contributed by atoms with Gasteiger partial charge in [0.2, 0.25) is 0 Å². The van der Waals surface area contributed by atoms with Gasteiger partial charge >= 0.3 is 6.18 Å². The minimum absolute atomic E-state index is 0.270. The van der Waals surface area contributed by atoms with Crippen LogP contribution in [-0.2, 0) is 11.6 Å². The van der Waals surface area contributed by atoms with Gasteiger partial charge in [-0.1, -0.05) is 62.4 Å². The SMILES string of the molecule is CC1(C)c2ccccc2-c2c1cc(C(F)(F)F)c1ccccc21. The van der Waals surface area contributed by atoms with E-state index < -0.39 is 17.2 Å². The maximum absolute atomic E-state index is 13.6. The molecule has 1 aliphatic carbocycles. The molecule has 0 nitrogen and oxygen atoms in total. The molecule has 1 aliphatic rings. The molecule has 0 atom stereocenters. The Morgan fingerprint density at radius 1 is 0.783 bits per heavy atom. The van der Waals surface area contributed by atoms with E-state index in [1.807, 2.05) is 38.1 Å². The number of alkyl halides is 3. The van der Waals surface area contributed by atoms with Crippen LogP contribution in [0.5, 0.6) is 0 Å². The average molecular weight is 312 g/mol. The molecule has 116 valence electrons.